The number of hydrogen-bond donors (Lipinski definition) is 1. The van der Waals surface area contributed by atoms with Gasteiger partial charge in [0, 0.05) is 13.1 Å². The fraction of sp³-hybridized carbons (Fsp3) is 0.846. The Morgan fingerprint density at radius 2 is 1.89 bits per heavy atom. The summed E-state index contributed by atoms with van der Waals surface area (Å²) in [5, 5.41) is 0. The standard InChI is InChI=1S/C13H24N2O3.ClH/c1-4-7-13(2,14)12(17)15-8-5-10(6-9-15)11(16)18-3;/h10H,4-9,14H2,1-3H3;1H. The third kappa shape index (κ3) is 4.66. The lowest BCUT2D eigenvalue weighted by molar-refractivity contribution is -0.149. The van der Waals surface area contributed by atoms with E-state index in [1.807, 2.05) is 6.92 Å². The number of likely N-dealkylation sites (tertiary alicyclic amines) is 1. The third-order valence-electron chi connectivity index (χ3n) is 3.57. The first-order valence-corrected chi connectivity index (χ1v) is 6.58. The molecule has 1 unspecified atom stereocenters. The number of carbonyl (C=O) groups excluding carboxylic acids is 2. The molecule has 1 heterocycles. The Bertz CT molecular complexity index is 313. The van der Waals surface area contributed by atoms with Gasteiger partial charge < -0.3 is 15.4 Å². The molecule has 6 heteroatoms. The van der Waals surface area contributed by atoms with E-state index in [0.717, 1.165) is 6.42 Å². The van der Waals surface area contributed by atoms with E-state index in [-0.39, 0.29) is 30.2 Å². The second kappa shape index (κ2) is 7.70. The summed E-state index contributed by atoms with van der Waals surface area (Å²) in [6.07, 6.45) is 2.90. The molecule has 0 aromatic carbocycles. The SMILES string of the molecule is CCCC(C)(N)C(=O)N1CCC(C(=O)OC)CC1.Cl. The molecule has 1 aliphatic heterocycles. The summed E-state index contributed by atoms with van der Waals surface area (Å²) >= 11 is 0. The van der Waals surface area contributed by atoms with E-state index in [2.05, 4.69) is 0 Å². The lowest BCUT2D eigenvalue weighted by Crippen LogP contribution is -2.55. The monoisotopic (exact) mass is 292 g/mol. The predicted molar refractivity (Wildman–Crippen MR) is 76.1 cm³/mol. The van der Waals surface area contributed by atoms with Crippen LogP contribution in [0.2, 0.25) is 0 Å². The Balaban J connectivity index is 0.00000324. The predicted octanol–water partition coefficient (Wildman–Crippen LogP) is 1.34. The Morgan fingerprint density at radius 1 is 1.37 bits per heavy atom. The normalized spacial score (nSPS) is 19.3. The minimum Gasteiger partial charge on any atom is -0.469 e. The molecule has 1 aliphatic rings. The number of piperidine rings is 1. The summed E-state index contributed by atoms with van der Waals surface area (Å²) in [7, 11) is 1.40. The van der Waals surface area contributed by atoms with Crippen molar-refractivity contribution in [1.82, 2.24) is 4.90 Å². The van der Waals surface area contributed by atoms with Crippen LogP contribution >= 0.6 is 12.4 Å². The summed E-state index contributed by atoms with van der Waals surface area (Å²) in [6, 6.07) is 0. The molecule has 0 bridgehead atoms. The molecule has 0 aliphatic carbocycles. The van der Waals surface area contributed by atoms with Gasteiger partial charge in [0.1, 0.15) is 0 Å². The van der Waals surface area contributed by atoms with Crippen LogP contribution in [-0.2, 0) is 14.3 Å². The molecule has 1 rings (SSSR count). The lowest BCUT2D eigenvalue weighted by Gasteiger charge is -2.36. The highest BCUT2D eigenvalue weighted by Crippen LogP contribution is 2.21. The van der Waals surface area contributed by atoms with Gasteiger partial charge in [-0.25, -0.2) is 0 Å². The van der Waals surface area contributed by atoms with Gasteiger partial charge in [-0.2, -0.15) is 0 Å². The maximum absolute atomic E-state index is 12.2. The van der Waals surface area contributed by atoms with Gasteiger partial charge in [-0.3, -0.25) is 9.59 Å². The van der Waals surface area contributed by atoms with Crippen LogP contribution in [0.25, 0.3) is 0 Å². The topological polar surface area (TPSA) is 72.6 Å². The first kappa shape index (κ1) is 18.2. The van der Waals surface area contributed by atoms with E-state index in [1.54, 1.807) is 11.8 Å². The average Bonchev–Trinajstić information content (AvgIpc) is 2.37. The van der Waals surface area contributed by atoms with Gasteiger partial charge in [-0.15, -0.1) is 12.4 Å². The highest BCUT2D eigenvalue weighted by molar-refractivity contribution is 5.86. The van der Waals surface area contributed by atoms with Crippen molar-refractivity contribution in [2.75, 3.05) is 20.2 Å². The molecule has 2 N–H and O–H groups in total. The summed E-state index contributed by atoms with van der Waals surface area (Å²) in [6.45, 7) is 4.98. The van der Waals surface area contributed by atoms with Gasteiger partial charge in [0.15, 0.2) is 0 Å². The van der Waals surface area contributed by atoms with E-state index in [0.29, 0.717) is 32.4 Å². The average molecular weight is 293 g/mol. The van der Waals surface area contributed by atoms with Crippen molar-refractivity contribution in [2.45, 2.75) is 45.1 Å². The fourth-order valence-corrected chi connectivity index (χ4v) is 2.47. The van der Waals surface area contributed by atoms with Crippen LogP contribution in [0.4, 0.5) is 0 Å². The quantitative estimate of drug-likeness (QED) is 0.794. The van der Waals surface area contributed by atoms with Crippen molar-refractivity contribution >= 4 is 24.3 Å². The van der Waals surface area contributed by atoms with Gasteiger partial charge in [-0.05, 0) is 26.2 Å². The summed E-state index contributed by atoms with van der Waals surface area (Å²) in [5.74, 6) is -0.256. The molecule has 19 heavy (non-hydrogen) atoms. The second-order valence-corrected chi connectivity index (χ2v) is 5.26. The lowest BCUT2D eigenvalue weighted by atomic mass is 9.92. The Morgan fingerprint density at radius 3 is 2.32 bits per heavy atom. The smallest absolute Gasteiger partial charge is 0.308 e. The third-order valence-corrected chi connectivity index (χ3v) is 3.57. The van der Waals surface area contributed by atoms with E-state index < -0.39 is 5.54 Å². The Kier molecular flexibility index (Phi) is 7.37. The molecule has 0 radical (unpaired) electrons. The number of methoxy groups -OCH3 is 1. The number of esters is 1. The van der Waals surface area contributed by atoms with Crippen LogP contribution in [0.15, 0.2) is 0 Å². The second-order valence-electron chi connectivity index (χ2n) is 5.26. The Labute approximate surface area is 121 Å². The minimum atomic E-state index is -0.785. The van der Waals surface area contributed by atoms with Gasteiger partial charge in [0.05, 0.1) is 18.6 Å². The molecule has 0 aromatic heterocycles. The molecule has 1 saturated heterocycles. The van der Waals surface area contributed by atoms with Crippen LogP contribution < -0.4 is 5.73 Å². The van der Waals surface area contributed by atoms with Crippen LogP contribution in [0.3, 0.4) is 0 Å². The van der Waals surface area contributed by atoms with Gasteiger partial charge in [0.2, 0.25) is 5.91 Å². The first-order valence-electron chi connectivity index (χ1n) is 6.58. The number of ether oxygens (including phenoxy) is 1. The van der Waals surface area contributed by atoms with Crippen LogP contribution in [0, 0.1) is 5.92 Å². The molecular weight excluding hydrogens is 268 g/mol. The van der Waals surface area contributed by atoms with E-state index in [9.17, 15) is 9.59 Å². The van der Waals surface area contributed by atoms with Crippen molar-refractivity contribution < 1.29 is 14.3 Å². The van der Waals surface area contributed by atoms with E-state index >= 15 is 0 Å². The number of halogens is 1. The molecule has 0 saturated carbocycles. The van der Waals surface area contributed by atoms with Crippen LogP contribution in [-0.4, -0.2) is 42.5 Å². The highest BCUT2D eigenvalue weighted by atomic mass is 35.5. The van der Waals surface area contributed by atoms with Gasteiger partial charge in [0.25, 0.3) is 0 Å². The zero-order valence-electron chi connectivity index (χ0n) is 12.0. The molecular formula is C13H25ClN2O3. The number of hydrogen-bond acceptors (Lipinski definition) is 4. The fourth-order valence-electron chi connectivity index (χ4n) is 2.47. The molecule has 112 valence electrons. The van der Waals surface area contributed by atoms with Crippen molar-refractivity contribution in [3.8, 4) is 0 Å². The van der Waals surface area contributed by atoms with E-state index in [1.165, 1.54) is 7.11 Å². The first-order chi connectivity index (χ1) is 8.42. The molecule has 0 spiro atoms. The summed E-state index contributed by atoms with van der Waals surface area (Å²) in [5.41, 5.74) is 5.25. The highest BCUT2D eigenvalue weighted by Gasteiger charge is 2.35. The largest absolute Gasteiger partial charge is 0.469 e. The van der Waals surface area contributed by atoms with E-state index in [4.69, 9.17) is 10.5 Å². The molecule has 1 amide bonds. The number of carbonyl (C=O) groups is 2. The Hall–Kier alpha value is -0.810. The van der Waals surface area contributed by atoms with Gasteiger partial charge >= 0.3 is 5.97 Å². The van der Waals surface area contributed by atoms with Crippen LogP contribution in [0.5, 0.6) is 0 Å². The zero-order valence-corrected chi connectivity index (χ0v) is 12.8. The number of amides is 1. The summed E-state index contributed by atoms with van der Waals surface area (Å²) < 4.78 is 4.72. The molecule has 5 nitrogen and oxygen atoms in total. The number of nitrogens with zero attached hydrogens (tertiary/aromatic N) is 1. The zero-order chi connectivity index (χ0) is 13.8. The molecule has 1 fully saturated rings. The van der Waals surface area contributed by atoms with Crippen molar-refractivity contribution in [3.05, 3.63) is 0 Å². The maximum Gasteiger partial charge on any atom is 0.308 e. The minimum absolute atomic E-state index is 0. The van der Waals surface area contributed by atoms with Gasteiger partial charge in [-0.1, -0.05) is 13.3 Å². The number of rotatable bonds is 4. The molecule has 0 aromatic rings. The van der Waals surface area contributed by atoms with Crippen LogP contribution in [0.1, 0.15) is 39.5 Å². The van der Waals surface area contributed by atoms with Crippen molar-refractivity contribution in [2.24, 2.45) is 11.7 Å². The maximum atomic E-state index is 12.2. The number of nitrogens with two attached hydrogens (primary N) is 1. The van der Waals surface area contributed by atoms with Crippen molar-refractivity contribution in [3.63, 3.8) is 0 Å². The molecule has 1 atom stereocenters. The summed E-state index contributed by atoms with van der Waals surface area (Å²) in [4.78, 5) is 25.4. The van der Waals surface area contributed by atoms with Crippen molar-refractivity contribution in [1.29, 1.82) is 0 Å².